The quantitative estimate of drug-likeness (QED) is 0.566. The highest BCUT2D eigenvalue weighted by Crippen LogP contribution is 2.29. The summed E-state index contributed by atoms with van der Waals surface area (Å²) in [5.74, 6) is 0. The minimum atomic E-state index is 0.0801. The molecule has 2 rings (SSSR count). The van der Waals surface area contributed by atoms with Gasteiger partial charge in [-0.3, -0.25) is 10.4 Å². The van der Waals surface area contributed by atoms with E-state index in [4.69, 9.17) is 22.6 Å². The molecule has 0 saturated heterocycles. The van der Waals surface area contributed by atoms with Crippen LogP contribution >= 0.6 is 23.6 Å². The van der Waals surface area contributed by atoms with Crippen molar-refractivity contribution < 1.29 is 10.4 Å². The summed E-state index contributed by atoms with van der Waals surface area (Å²) in [6.07, 6.45) is 0. The van der Waals surface area contributed by atoms with Crippen LogP contribution in [0.2, 0.25) is 0 Å². The monoisotopic (exact) mass is 255 g/mol. The number of hydrogen-bond acceptors (Lipinski definition) is 6. The Bertz CT molecular complexity index is 539. The van der Waals surface area contributed by atoms with Crippen LogP contribution in [0.4, 0.5) is 10.8 Å². The van der Waals surface area contributed by atoms with E-state index in [1.165, 1.54) is 11.3 Å². The standard InChI is InChI=1S/C9H9N3O2S2/c1-5(15)10-9-11-7-3-2-6(12(13)14)4-8(7)16-9/h2-4,13-14H,1H3,(H,10,11,15). The minimum absolute atomic E-state index is 0.0801. The predicted molar refractivity (Wildman–Crippen MR) is 67.6 cm³/mol. The number of thiazole rings is 1. The van der Waals surface area contributed by atoms with E-state index in [0.29, 0.717) is 15.8 Å². The molecule has 0 saturated carbocycles. The van der Waals surface area contributed by atoms with Crippen molar-refractivity contribution in [3.63, 3.8) is 0 Å². The van der Waals surface area contributed by atoms with Crippen molar-refractivity contribution in [2.24, 2.45) is 0 Å². The Labute approximate surface area is 101 Å². The van der Waals surface area contributed by atoms with Crippen molar-refractivity contribution in [2.45, 2.75) is 6.92 Å². The summed E-state index contributed by atoms with van der Waals surface area (Å²) >= 11 is 6.32. The van der Waals surface area contributed by atoms with Crippen LogP contribution in [0.15, 0.2) is 18.2 Å². The average molecular weight is 255 g/mol. The van der Waals surface area contributed by atoms with Crippen LogP contribution in [-0.4, -0.2) is 20.4 Å². The zero-order valence-corrected chi connectivity index (χ0v) is 9.97. The van der Waals surface area contributed by atoms with Crippen LogP contribution in [0, 0.1) is 0 Å². The Kier molecular flexibility index (Phi) is 3.01. The van der Waals surface area contributed by atoms with Gasteiger partial charge in [-0.15, -0.1) is 5.23 Å². The third-order valence-electron chi connectivity index (χ3n) is 1.89. The van der Waals surface area contributed by atoms with Crippen molar-refractivity contribution in [2.75, 3.05) is 10.5 Å². The molecule has 0 aliphatic rings. The topological polar surface area (TPSA) is 68.6 Å². The lowest BCUT2D eigenvalue weighted by Crippen LogP contribution is -2.10. The van der Waals surface area contributed by atoms with Crippen molar-refractivity contribution in [1.29, 1.82) is 0 Å². The first-order chi connectivity index (χ1) is 7.56. The first kappa shape index (κ1) is 11.2. The Balaban J connectivity index is 2.41. The highest BCUT2D eigenvalue weighted by atomic mass is 32.1. The molecule has 0 spiro atoms. The molecule has 0 fully saturated rings. The van der Waals surface area contributed by atoms with E-state index in [9.17, 15) is 0 Å². The maximum atomic E-state index is 8.87. The molecule has 1 aromatic carbocycles. The molecule has 0 aliphatic carbocycles. The average Bonchev–Trinajstić information content (AvgIpc) is 2.56. The first-order valence-corrected chi connectivity index (χ1v) is 5.65. The van der Waals surface area contributed by atoms with Gasteiger partial charge in [0, 0.05) is 0 Å². The molecule has 3 N–H and O–H groups in total. The number of hydrogen-bond donors (Lipinski definition) is 3. The van der Waals surface area contributed by atoms with E-state index < -0.39 is 0 Å². The largest absolute Gasteiger partial charge is 0.326 e. The summed E-state index contributed by atoms with van der Waals surface area (Å²) in [6, 6.07) is 4.91. The Morgan fingerprint density at radius 2 is 2.25 bits per heavy atom. The fraction of sp³-hybridized carbons (Fsp3) is 0.111. The van der Waals surface area contributed by atoms with Gasteiger partial charge in [0.1, 0.15) is 0 Å². The summed E-state index contributed by atoms with van der Waals surface area (Å²) in [4.78, 5) is 4.94. The molecule has 16 heavy (non-hydrogen) atoms. The smallest absolute Gasteiger partial charge is 0.188 e. The second-order valence-electron chi connectivity index (χ2n) is 3.14. The molecule has 84 valence electrons. The second kappa shape index (κ2) is 4.30. The molecular weight excluding hydrogens is 246 g/mol. The van der Waals surface area contributed by atoms with Gasteiger partial charge in [0.15, 0.2) is 5.13 Å². The lowest BCUT2D eigenvalue weighted by atomic mass is 10.3. The molecule has 0 amide bonds. The number of nitrogens with zero attached hydrogens (tertiary/aromatic N) is 2. The van der Waals surface area contributed by atoms with Crippen LogP contribution in [0.25, 0.3) is 10.2 Å². The molecular formula is C9H9N3O2S2. The number of thiocarbonyl (C=S) groups is 1. The van der Waals surface area contributed by atoms with Crippen molar-refractivity contribution >= 4 is 49.6 Å². The summed E-state index contributed by atoms with van der Waals surface area (Å²) in [7, 11) is 0. The van der Waals surface area contributed by atoms with Crippen molar-refractivity contribution in [1.82, 2.24) is 4.98 Å². The fourth-order valence-electron chi connectivity index (χ4n) is 1.24. The SMILES string of the molecule is CC(=S)Nc1nc2ccc(N(O)O)cc2s1. The maximum absolute atomic E-state index is 8.87. The summed E-state index contributed by atoms with van der Waals surface area (Å²) < 4.78 is 0.851. The highest BCUT2D eigenvalue weighted by Gasteiger charge is 2.06. The van der Waals surface area contributed by atoms with Gasteiger partial charge in [0.2, 0.25) is 0 Å². The molecule has 0 unspecified atom stereocenters. The van der Waals surface area contributed by atoms with Gasteiger partial charge in [-0.05, 0) is 25.1 Å². The van der Waals surface area contributed by atoms with E-state index in [1.807, 2.05) is 0 Å². The lowest BCUT2D eigenvalue weighted by molar-refractivity contribution is 0.0292. The molecule has 0 atom stereocenters. The third-order valence-corrected chi connectivity index (χ3v) is 2.92. The van der Waals surface area contributed by atoms with Gasteiger partial charge in [0.25, 0.3) is 0 Å². The third kappa shape index (κ3) is 2.27. The van der Waals surface area contributed by atoms with Crippen molar-refractivity contribution in [3.05, 3.63) is 18.2 Å². The number of fused-ring (bicyclic) bond motifs is 1. The van der Waals surface area contributed by atoms with Crippen LogP contribution in [-0.2, 0) is 0 Å². The van der Waals surface area contributed by atoms with Gasteiger partial charge in [-0.2, -0.15) is 0 Å². The van der Waals surface area contributed by atoms with Gasteiger partial charge in [0.05, 0.1) is 20.9 Å². The van der Waals surface area contributed by atoms with Gasteiger partial charge >= 0.3 is 0 Å². The molecule has 0 bridgehead atoms. The normalized spacial score (nSPS) is 10.4. The number of rotatable bonds is 2. The van der Waals surface area contributed by atoms with Gasteiger partial charge < -0.3 is 5.32 Å². The number of benzene rings is 1. The second-order valence-corrected chi connectivity index (χ2v) is 4.78. The van der Waals surface area contributed by atoms with Gasteiger partial charge in [-0.25, -0.2) is 4.98 Å². The van der Waals surface area contributed by atoms with Crippen LogP contribution in [0.5, 0.6) is 0 Å². The van der Waals surface area contributed by atoms with E-state index in [-0.39, 0.29) is 5.23 Å². The van der Waals surface area contributed by atoms with E-state index in [1.54, 1.807) is 25.1 Å². The highest BCUT2D eigenvalue weighted by molar-refractivity contribution is 7.80. The molecule has 7 heteroatoms. The van der Waals surface area contributed by atoms with E-state index in [2.05, 4.69) is 10.3 Å². The zero-order valence-electron chi connectivity index (χ0n) is 8.34. The summed E-state index contributed by atoms with van der Waals surface area (Å²) in [5.41, 5.74) is 1.08. The predicted octanol–water partition coefficient (Wildman–Crippen LogP) is 2.64. The summed E-state index contributed by atoms with van der Waals surface area (Å²) in [5, 5.41) is 21.5. The lowest BCUT2D eigenvalue weighted by Gasteiger charge is -2.06. The molecule has 2 aromatic rings. The minimum Gasteiger partial charge on any atom is -0.326 e. The first-order valence-electron chi connectivity index (χ1n) is 4.42. The Morgan fingerprint density at radius 1 is 1.50 bits per heavy atom. The maximum Gasteiger partial charge on any atom is 0.188 e. The zero-order chi connectivity index (χ0) is 11.7. The van der Waals surface area contributed by atoms with Crippen LogP contribution < -0.4 is 10.5 Å². The molecule has 1 aromatic heterocycles. The molecule has 0 aliphatic heterocycles. The van der Waals surface area contributed by atoms with Crippen molar-refractivity contribution in [3.8, 4) is 0 Å². The Hall–Kier alpha value is -1.28. The number of nitrogens with one attached hydrogen (secondary N) is 1. The fourth-order valence-corrected chi connectivity index (χ4v) is 2.36. The number of aromatic nitrogens is 1. The van der Waals surface area contributed by atoms with E-state index >= 15 is 0 Å². The molecule has 0 radical (unpaired) electrons. The molecule has 1 heterocycles. The van der Waals surface area contributed by atoms with Gasteiger partial charge in [-0.1, -0.05) is 23.6 Å². The number of anilines is 2. The van der Waals surface area contributed by atoms with Crippen LogP contribution in [0.1, 0.15) is 6.92 Å². The summed E-state index contributed by atoms with van der Waals surface area (Å²) in [6.45, 7) is 1.77. The Morgan fingerprint density at radius 3 is 2.88 bits per heavy atom. The van der Waals surface area contributed by atoms with E-state index in [0.717, 1.165) is 10.2 Å². The molecule has 5 nitrogen and oxygen atoms in total. The van der Waals surface area contributed by atoms with Crippen LogP contribution in [0.3, 0.4) is 0 Å².